The number of benzene rings is 1. The molecule has 1 aliphatic heterocycles. The lowest BCUT2D eigenvalue weighted by atomic mass is 10.0. The molecule has 0 radical (unpaired) electrons. The van der Waals surface area contributed by atoms with Crippen LogP contribution in [0.1, 0.15) is 25.3 Å². The molecule has 0 aromatic heterocycles. The van der Waals surface area contributed by atoms with Crippen molar-refractivity contribution in [2.24, 2.45) is 5.73 Å². The van der Waals surface area contributed by atoms with Gasteiger partial charge in [-0.25, -0.2) is 4.39 Å². The van der Waals surface area contributed by atoms with Crippen molar-refractivity contribution in [3.8, 4) is 0 Å². The summed E-state index contributed by atoms with van der Waals surface area (Å²) in [4.78, 5) is 22.9. The van der Waals surface area contributed by atoms with Gasteiger partial charge in [0.1, 0.15) is 5.82 Å². The van der Waals surface area contributed by atoms with Crippen LogP contribution in [0.4, 0.5) is 15.8 Å². The molecule has 0 spiro atoms. The fraction of sp³-hybridized carbons (Fsp3) is 0.385. The van der Waals surface area contributed by atoms with Crippen molar-refractivity contribution in [1.82, 2.24) is 0 Å². The van der Waals surface area contributed by atoms with Crippen LogP contribution in [0.3, 0.4) is 0 Å². The molecule has 0 bridgehead atoms. The van der Waals surface area contributed by atoms with Crippen LogP contribution >= 0.6 is 0 Å². The molecule has 6 heteroatoms. The molecule has 2 rings (SSSR count). The summed E-state index contributed by atoms with van der Waals surface area (Å²) >= 11 is 0. The molecule has 0 saturated carbocycles. The van der Waals surface area contributed by atoms with Crippen molar-refractivity contribution < 1.29 is 14.0 Å². The summed E-state index contributed by atoms with van der Waals surface area (Å²) in [6.07, 6.45) is 1.31. The monoisotopic (exact) mass is 265 g/mol. The van der Waals surface area contributed by atoms with Crippen LogP contribution in [-0.4, -0.2) is 17.9 Å². The number of halogens is 1. The summed E-state index contributed by atoms with van der Waals surface area (Å²) < 4.78 is 13.8. The first-order chi connectivity index (χ1) is 9.01. The number of nitrogens with one attached hydrogen (secondary N) is 2. The third-order valence-corrected chi connectivity index (χ3v) is 3.12. The van der Waals surface area contributed by atoms with E-state index in [4.69, 9.17) is 5.73 Å². The Morgan fingerprint density at radius 2 is 2.26 bits per heavy atom. The average Bonchev–Trinajstić information content (AvgIpc) is 2.39. The maximum absolute atomic E-state index is 13.8. The molecule has 1 atom stereocenters. The van der Waals surface area contributed by atoms with Crippen molar-refractivity contribution in [1.29, 1.82) is 0 Å². The van der Waals surface area contributed by atoms with E-state index in [0.717, 1.165) is 5.56 Å². The number of hydrogen-bond acceptors (Lipinski definition) is 3. The molecule has 102 valence electrons. The van der Waals surface area contributed by atoms with E-state index in [2.05, 4.69) is 10.6 Å². The number of aryl methyl sites for hydroxylation is 1. The van der Waals surface area contributed by atoms with E-state index in [1.54, 1.807) is 6.92 Å². The first kappa shape index (κ1) is 13.5. The lowest BCUT2D eigenvalue weighted by molar-refractivity contribution is -0.117. The van der Waals surface area contributed by atoms with E-state index in [1.807, 2.05) is 0 Å². The number of amides is 2. The van der Waals surface area contributed by atoms with Gasteiger partial charge < -0.3 is 16.4 Å². The highest BCUT2D eigenvalue weighted by molar-refractivity contribution is 5.98. The number of carbonyl (C=O) groups excluding carboxylic acids is 2. The molecule has 1 heterocycles. The van der Waals surface area contributed by atoms with Crippen LogP contribution in [0, 0.1) is 5.82 Å². The third kappa shape index (κ3) is 2.90. The Labute approximate surface area is 110 Å². The Morgan fingerprint density at radius 3 is 2.95 bits per heavy atom. The molecular weight excluding hydrogens is 249 g/mol. The highest BCUT2D eigenvalue weighted by Crippen LogP contribution is 2.28. The molecule has 0 unspecified atom stereocenters. The van der Waals surface area contributed by atoms with Gasteiger partial charge in [0, 0.05) is 12.1 Å². The summed E-state index contributed by atoms with van der Waals surface area (Å²) in [5.41, 5.74) is 6.88. The maximum atomic E-state index is 13.8. The summed E-state index contributed by atoms with van der Waals surface area (Å²) in [6, 6.07) is 2.09. The van der Waals surface area contributed by atoms with Crippen molar-refractivity contribution in [2.75, 3.05) is 10.6 Å². The summed E-state index contributed by atoms with van der Waals surface area (Å²) in [6.45, 7) is 1.77. The van der Waals surface area contributed by atoms with Crippen LogP contribution in [0.15, 0.2) is 12.1 Å². The Morgan fingerprint density at radius 1 is 1.53 bits per heavy atom. The molecule has 0 saturated heterocycles. The summed E-state index contributed by atoms with van der Waals surface area (Å²) in [5.74, 6) is -1.07. The van der Waals surface area contributed by atoms with Gasteiger partial charge in [-0.05, 0) is 30.5 Å². The summed E-state index contributed by atoms with van der Waals surface area (Å²) in [7, 11) is 0. The number of nitrogens with two attached hydrogens (primary N) is 1. The van der Waals surface area contributed by atoms with Gasteiger partial charge in [0.05, 0.1) is 11.7 Å². The average molecular weight is 265 g/mol. The third-order valence-electron chi connectivity index (χ3n) is 3.12. The zero-order valence-corrected chi connectivity index (χ0v) is 10.6. The normalized spacial score (nSPS) is 15.4. The van der Waals surface area contributed by atoms with Crippen LogP contribution in [-0.2, 0) is 16.0 Å². The highest BCUT2D eigenvalue weighted by Gasteiger charge is 2.19. The number of rotatable bonds is 3. The number of hydrogen-bond donors (Lipinski definition) is 3. The number of carbonyl (C=O) groups is 2. The summed E-state index contributed by atoms with van der Waals surface area (Å²) in [5, 5.41) is 5.09. The van der Waals surface area contributed by atoms with Crippen LogP contribution in [0.2, 0.25) is 0 Å². The second-order valence-corrected chi connectivity index (χ2v) is 4.54. The number of fused-ring (bicyclic) bond motifs is 1. The van der Waals surface area contributed by atoms with Crippen molar-refractivity contribution in [3.05, 3.63) is 23.5 Å². The minimum atomic E-state index is -0.676. The van der Waals surface area contributed by atoms with E-state index in [1.165, 1.54) is 12.1 Å². The molecule has 1 aromatic carbocycles. The SMILES string of the molecule is CC[C@@H](N)C(=O)Nc1cc2c(cc1F)CCC(=O)N2. The fourth-order valence-corrected chi connectivity index (χ4v) is 1.91. The van der Waals surface area contributed by atoms with Crippen LogP contribution in [0.25, 0.3) is 0 Å². The standard InChI is InChI=1S/C13H16FN3O2/c1-2-9(15)13(19)17-11-6-10-7(5-8(11)14)3-4-12(18)16-10/h5-6,9H,2-4,15H2,1H3,(H,16,18)(H,17,19)/t9-/m1/s1. The van der Waals surface area contributed by atoms with Gasteiger partial charge in [-0.1, -0.05) is 6.92 Å². The largest absolute Gasteiger partial charge is 0.326 e. The zero-order chi connectivity index (χ0) is 14.0. The van der Waals surface area contributed by atoms with E-state index in [9.17, 15) is 14.0 Å². The van der Waals surface area contributed by atoms with Gasteiger partial charge >= 0.3 is 0 Å². The molecule has 0 aliphatic carbocycles. The molecule has 4 N–H and O–H groups in total. The Balaban J connectivity index is 2.24. The fourth-order valence-electron chi connectivity index (χ4n) is 1.91. The first-order valence-electron chi connectivity index (χ1n) is 6.20. The molecular formula is C13H16FN3O2. The molecule has 1 aliphatic rings. The highest BCUT2D eigenvalue weighted by atomic mass is 19.1. The number of anilines is 2. The smallest absolute Gasteiger partial charge is 0.241 e. The van der Waals surface area contributed by atoms with Gasteiger partial charge in [0.15, 0.2) is 0 Å². The minimum absolute atomic E-state index is 0.0369. The van der Waals surface area contributed by atoms with Crippen LogP contribution < -0.4 is 16.4 Å². The Kier molecular flexibility index (Phi) is 3.80. The van der Waals surface area contributed by atoms with E-state index < -0.39 is 17.8 Å². The predicted octanol–water partition coefficient (Wildman–Crippen LogP) is 1.39. The van der Waals surface area contributed by atoms with E-state index in [-0.39, 0.29) is 11.6 Å². The van der Waals surface area contributed by atoms with Crippen molar-refractivity contribution in [3.63, 3.8) is 0 Å². The molecule has 0 fully saturated rings. The zero-order valence-electron chi connectivity index (χ0n) is 10.6. The topological polar surface area (TPSA) is 84.2 Å². The van der Waals surface area contributed by atoms with Crippen molar-refractivity contribution in [2.45, 2.75) is 32.2 Å². The minimum Gasteiger partial charge on any atom is -0.326 e. The molecule has 5 nitrogen and oxygen atoms in total. The quantitative estimate of drug-likeness (QED) is 0.772. The first-order valence-corrected chi connectivity index (χ1v) is 6.20. The van der Waals surface area contributed by atoms with Gasteiger partial charge in [0.2, 0.25) is 11.8 Å². The van der Waals surface area contributed by atoms with Gasteiger partial charge in [0.25, 0.3) is 0 Å². The van der Waals surface area contributed by atoms with Gasteiger partial charge in [-0.3, -0.25) is 9.59 Å². The molecule has 19 heavy (non-hydrogen) atoms. The molecule has 1 aromatic rings. The predicted molar refractivity (Wildman–Crippen MR) is 70.2 cm³/mol. The lowest BCUT2D eigenvalue weighted by Gasteiger charge is -2.19. The lowest BCUT2D eigenvalue weighted by Crippen LogP contribution is -2.35. The Bertz CT molecular complexity index is 531. The van der Waals surface area contributed by atoms with E-state index >= 15 is 0 Å². The van der Waals surface area contributed by atoms with Crippen LogP contribution in [0.5, 0.6) is 0 Å². The van der Waals surface area contributed by atoms with Gasteiger partial charge in [-0.2, -0.15) is 0 Å². The van der Waals surface area contributed by atoms with Crippen molar-refractivity contribution >= 4 is 23.2 Å². The maximum Gasteiger partial charge on any atom is 0.241 e. The second kappa shape index (κ2) is 5.36. The van der Waals surface area contributed by atoms with E-state index in [0.29, 0.717) is 24.9 Å². The Hall–Kier alpha value is -1.95. The van der Waals surface area contributed by atoms with Gasteiger partial charge in [-0.15, -0.1) is 0 Å². The second-order valence-electron chi connectivity index (χ2n) is 4.54. The molecule has 2 amide bonds.